The monoisotopic (exact) mass is 382 g/mol. The van der Waals surface area contributed by atoms with Crippen molar-refractivity contribution in [2.75, 3.05) is 5.32 Å². The average Bonchev–Trinajstić information content (AvgIpc) is 2.46. The summed E-state index contributed by atoms with van der Waals surface area (Å²) in [7, 11) is 0. The van der Waals surface area contributed by atoms with E-state index in [1.54, 1.807) is 0 Å². The Kier molecular flexibility index (Phi) is 3.86. The lowest BCUT2D eigenvalue weighted by Crippen LogP contribution is -2.59. The predicted molar refractivity (Wildman–Crippen MR) is 95.2 cm³/mol. The van der Waals surface area contributed by atoms with Crippen molar-refractivity contribution in [2.45, 2.75) is 65.1 Å². The van der Waals surface area contributed by atoms with Gasteiger partial charge in [0.2, 0.25) is 5.91 Å². The number of aromatic nitrogens is 1. The van der Waals surface area contributed by atoms with Crippen LogP contribution in [0.5, 0.6) is 0 Å². The fraction of sp³-hybridized carbons (Fsp3) is 0.700. The smallest absolute Gasteiger partial charge is 0.321 e. The number of alkyl halides is 3. The van der Waals surface area contributed by atoms with Crippen molar-refractivity contribution in [3.8, 4) is 0 Å². The van der Waals surface area contributed by atoms with Gasteiger partial charge in [0.15, 0.2) is 0 Å². The quantitative estimate of drug-likeness (QED) is 0.845. The minimum atomic E-state index is -4.49. The molecular formula is C20H25F3N2O2. The molecule has 4 aliphatic rings. The summed E-state index contributed by atoms with van der Waals surface area (Å²) in [6.07, 6.45) is 2.41. The van der Waals surface area contributed by atoms with Crippen LogP contribution in [0.25, 0.3) is 0 Å². The standard InChI is InChI=1S/C20H25F3N2O2/c1-17-6-13-7-18(2,9-17)11-19(8-13,10-17)16(27)24-14-4-3-5-25(15(14)26)12-20(21,22)23/h3-5,13H,6-12H2,1-2H3,(H,24,27). The molecule has 1 N–H and O–H groups in total. The molecule has 0 aromatic carbocycles. The lowest BCUT2D eigenvalue weighted by Gasteiger charge is -2.64. The third-order valence-corrected chi connectivity index (χ3v) is 6.73. The first kappa shape index (κ1) is 18.6. The molecule has 2 unspecified atom stereocenters. The van der Waals surface area contributed by atoms with Gasteiger partial charge in [-0.1, -0.05) is 13.8 Å². The second-order valence-electron chi connectivity index (χ2n) is 9.83. The summed E-state index contributed by atoms with van der Waals surface area (Å²) >= 11 is 0. The van der Waals surface area contributed by atoms with Gasteiger partial charge in [-0.3, -0.25) is 9.59 Å². The molecule has 5 rings (SSSR count). The summed E-state index contributed by atoms with van der Waals surface area (Å²) in [6, 6.07) is 2.75. The zero-order valence-electron chi connectivity index (χ0n) is 15.7. The van der Waals surface area contributed by atoms with E-state index in [-0.39, 0.29) is 22.4 Å². The average molecular weight is 382 g/mol. The molecule has 4 aliphatic carbocycles. The third-order valence-electron chi connectivity index (χ3n) is 6.73. The molecular weight excluding hydrogens is 357 g/mol. The Morgan fingerprint density at radius 3 is 2.37 bits per heavy atom. The van der Waals surface area contributed by atoms with E-state index in [1.165, 1.54) is 12.1 Å². The molecule has 1 aromatic rings. The fourth-order valence-electron chi connectivity index (χ4n) is 6.91. The van der Waals surface area contributed by atoms with Crippen LogP contribution in [0.1, 0.15) is 52.4 Å². The lowest BCUT2D eigenvalue weighted by molar-refractivity contribution is -0.165. The number of amides is 1. The highest BCUT2D eigenvalue weighted by atomic mass is 19.4. The number of hydrogen-bond acceptors (Lipinski definition) is 2. The van der Waals surface area contributed by atoms with Crippen LogP contribution in [0.4, 0.5) is 18.9 Å². The van der Waals surface area contributed by atoms with Crippen LogP contribution < -0.4 is 10.9 Å². The molecule has 4 nitrogen and oxygen atoms in total. The van der Waals surface area contributed by atoms with Crippen LogP contribution in [-0.2, 0) is 11.3 Å². The minimum Gasteiger partial charge on any atom is -0.321 e. The van der Waals surface area contributed by atoms with Crippen molar-refractivity contribution >= 4 is 11.6 Å². The van der Waals surface area contributed by atoms with Gasteiger partial charge in [-0.15, -0.1) is 0 Å². The van der Waals surface area contributed by atoms with E-state index < -0.39 is 23.7 Å². The predicted octanol–water partition coefficient (Wildman–Crippen LogP) is 4.35. The molecule has 0 aliphatic heterocycles. The molecule has 7 heteroatoms. The maximum atomic E-state index is 13.2. The second-order valence-corrected chi connectivity index (χ2v) is 9.83. The van der Waals surface area contributed by atoms with Gasteiger partial charge >= 0.3 is 6.18 Å². The van der Waals surface area contributed by atoms with Gasteiger partial charge in [-0.25, -0.2) is 0 Å². The number of nitrogens with zero attached hydrogens (tertiary/aromatic N) is 1. The van der Waals surface area contributed by atoms with Gasteiger partial charge in [-0.2, -0.15) is 13.2 Å². The van der Waals surface area contributed by atoms with Crippen molar-refractivity contribution in [3.05, 3.63) is 28.7 Å². The van der Waals surface area contributed by atoms with Crippen molar-refractivity contribution in [1.29, 1.82) is 0 Å². The molecule has 1 heterocycles. The summed E-state index contributed by atoms with van der Waals surface area (Å²) < 4.78 is 38.6. The Bertz CT molecular complexity index is 826. The summed E-state index contributed by atoms with van der Waals surface area (Å²) in [5.41, 5.74) is -1.12. The van der Waals surface area contributed by atoms with Crippen molar-refractivity contribution in [3.63, 3.8) is 0 Å². The molecule has 1 aromatic heterocycles. The lowest BCUT2D eigenvalue weighted by atomic mass is 9.40. The van der Waals surface area contributed by atoms with Crippen LogP contribution in [-0.4, -0.2) is 16.7 Å². The topological polar surface area (TPSA) is 51.1 Å². The first-order chi connectivity index (χ1) is 12.4. The van der Waals surface area contributed by atoms with E-state index in [9.17, 15) is 22.8 Å². The number of hydrogen-bond donors (Lipinski definition) is 1. The number of halogens is 3. The van der Waals surface area contributed by atoms with Crippen molar-refractivity contribution in [2.24, 2.45) is 22.2 Å². The Morgan fingerprint density at radius 1 is 1.19 bits per heavy atom. The SMILES string of the molecule is CC12CC3CC(C)(C1)CC(C(=O)Nc1cccn(CC(F)(F)F)c1=O)(C3)C2. The fourth-order valence-corrected chi connectivity index (χ4v) is 6.91. The van der Waals surface area contributed by atoms with Crippen LogP contribution in [0.2, 0.25) is 0 Å². The van der Waals surface area contributed by atoms with Crippen LogP contribution in [0, 0.1) is 22.2 Å². The highest BCUT2D eigenvalue weighted by Gasteiger charge is 2.62. The second kappa shape index (κ2) is 5.61. The number of anilines is 1. The van der Waals surface area contributed by atoms with E-state index in [1.807, 2.05) is 0 Å². The van der Waals surface area contributed by atoms with Crippen LogP contribution in [0.3, 0.4) is 0 Å². The molecule has 0 radical (unpaired) electrons. The highest BCUT2D eigenvalue weighted by molar-refractivity contribution is 5.95. The zero-order chi connectivity index (χ0) is 19.7. The van der Waals surface area contributed by atoms with Crippen LogP contribution in [0.15, 0.2) is 23.1 Å². The maximum absolute atomic E-state index is 13.2. The Labute approximate surface area is 156 Å². The molecule has 4 bridgehead atoms. The first-order valence-electron chi connectivity index (χ1n) is 9.49. The molecule has 27 heavy (non-hydrogen) atoms. The van der Waals surface area contributed by atoms with E-state index in [4.69, 9.17) is 0 Å². The molecule has 0 spiro atoms. The normalized spacial score (nSPS) is 37.4. The summed E-state index contributed by atoms with van der Waals surface area (Å²) in [5, 5.41) is 2.69. The number of carbonyl (C=O) groups excluding carboxylic acids is 1. The Balaban J connectivity index is 1.60. The van der Waals surface area contributed by atoms with Crippen molar-refractivity contribution < 1.29 is 18.0 Å². The first-order valence-corrected chi connectivity index (χ1v) is 9.49. The Hall–Kier alpha value is -1.79. The summed E-state index contributed by atoms with van der Waals surface area (Å²) in [5.74, 6) is 0.311. The highest BCUT2D eigenvalue weighted by Crippen LogP contribution is 2.69. The van der Waals surface area contributed by atoms with Gasteiger partial charge in [0, 0.05) is 6.20 Å². The maximum Gasteiger partial charge on any atom is 0.406 e. The zero-order valence-corrected chi connectivity index (χ0v) is 15.7. The third kappa shape index (κ3) is 3.29. The molecule has 0 saturated heterocycles. The van der Waals surface area contributed by atoms with Gasteiger partial charge in [-0.05, 0) is 67.4 Å². The van der Waals surface area contributed by atoms with Gasteiger partial charge in [0.25, 0.3) is 5.56 Å². The molecule has 4 fully saturated rings. The largest absolute Gasteiger partial charge is 0.406 e. The molecule has 4 saturated carbocycles. The summed E-state index contributed by atoms with van der Waals surface area (Å²) in [4.78, 5) is 25.6. The van der Waals surface area contributed by atoms with E-state index in [0.717, 1.165) is 44.7 Å². The van der Waals surface area contributed by atoms with E-state index >= 15 is 0 Å². The number of nitrogens with one attached hydrogen (secondary N) is 1. The molecule has 148 valence electrons. The molecule has 2 atom stereocenters. The molecule has 1 amide bonds. The minimum absolute atomic E-state index is 0.0715. The van der Waals surface area contributed by atoms with E-state index in [2.05, 4.69) is 19.2 Å². The van der Waals surface area contributed by atoms with Crippen molar-refractivity contribution in [1.82, 2.24) is 4.57 Å². The Morgan fingerprint density at radius 2 is 1.81 bits per heavy atom. The summed E-state index contributed by atoms with van der Waals surface area (Å²) in [6.45, 7) is 3.13. The number of carbonyl (C=O) groups is 1. The van der Waals surface area contributed by atoms with Gasteiger partial charge in [0.05, 0.1) is 5.41 Å². The number of pyridine rings is 1. The van der Waals surface area contributed by atoms with Gasteiger partial charge < -0.3 is 9.88 Å². The van der Waals surface area contributed by atoms with Crippen LogP contribution >= 0.6 is 0 Å². The van der Waals surface area contributed by atoms with Gasteiger partial charge in [0.1, 0.15) is 12.2 Å². The van der Waals surface area contributed by atoms with E-state index in [0.29, 0.717) is 10.5 Å². The number of rotatable bonds is 3.